The Hall–Kier alpha value is -1.16. The molecule has 0 aromatic heterocycles. The van der Waals surface area contributed by atoms with E-state index in [4.69, 9.17) is 4.74 Å². The van der Waals surface area contributed by atoms with Crippen LogP contribution < -0.4 is 10.1 Å². The number of rotatable bonds is 4. The predicted molar refractivity (Wildman–Crippen MR) is 77.6 cm³/mol. The lowest BCUT2D eigenvalue weighted by molar-refractivity contribution is 0.342. The molecule has 3 rings (SSSR count). The van der Waals surface area contributed by atoms with Crippen LogP contribution in [0.1, 0.15) is 19.8 Å². The van der Waals surface area contributed by atoms with Gasteiger partial charge in [0.2, 0.25) is 0 Å². The molecule has 0 radical (unpaired) electrons. The zero-order valence-electron chi connectivity index (χ0n) is 10.6. The Morgan fingerprint density at radius 2 is 2.22 bits per heavy atom. The van der Waals surface area contributed by atoms with Gasteiger partial charge in [-0.2, -0.15) is 0 Å². The van der Waals surface area contributed by atoms with E-state index in [0.29, 0.717) is 11.9 Å². The van der Waals surface area contributed by atoms with Crippen LogP contribution in [0.25, 0.3) is 0 Å². The van der Waals surface area contributed by atoms with Crippen molar-refractivity contribution in [1.29, 1.82) is 0 Å². The third kappa shape index (κ3) is 2.64. The van der Waals surface area contributed by atoms with Crippen molar-refractivity contribution in [3.05, 3.63) is 24.3 Å². The van der Waals surface area contributed by atoms with E-state index in [1.54, 1.807) is 0 Å². The summed E-state index contributed by atoms with van der Waals surface area (Å²) in [4.78, 5) is 4.59. The molecule has 0 amide bonds. The SMILES string of the molecule is CCOc1ccccc1NC1=NCC(C2CC2)S1. The molecule has 18 heavy (non-hydrogen) atoms. The molecule has 1 aliphatic carbocycles. The second-order valence-corrected chi connectivity index (χ2v) is 5.92. The number of para-hydroxylation sites is 2. The summed E-state index contributed by atoms with van der Waals surface area (Å²) in [6, 6.07) is 8.04. The highest BCUT2D eigenvalue weighted by molar-refractivity contribution is 8.15. The number of amidine groups is 1. The van der Waals surface area contributed by atoms with Gasteiger partial charge in [-0.1, -0.05) is 23.9 Å². The molecule has 1 unspecified atom stereocenters. The predicted octanol–water partition coefficient (Wildman–Crippen LogP) is 3.38. The molecule has 1 aromatic rings. The first-order valence-electron chi connectivity index (χ1n) is 6.56. The highest BCUT2D eigenvalue weighted by atomic mass is 32.2. The second-order valence-electron chi connectivity index (χ2n) is 4.69. The molecule has 3 nitrogen and oxygen atoms in total. The van der Waals surface area contributed by atoms with Crippen molar-refractivity contribution < 1.29 is 4.74 Å². The zero-order chi connectivity index (χ0) is 12.4. The van der Waals surface area contributed by atoms with Crippen molar-refractivity contribution in [1.82, 2.24) is 0 Å². The van der Waals surface area contributed by atoms with Gasteiger partial charge in [0.25, 0.3) is 0 Å². The Morgan fingerprint density at radius 1 is 1.39 bits per heavy atom. The van der Waals surface area contributed by atoms with E-state index in [2.05, 4.69) is 10.3 Å². The molecule has 0 saturated heterocycles. The number of benzene rings is 1. The fourth-order valence-electron chi connectivity index (χ4n) is 2.14. The first kappa shape index (κ1) is 11.9. The topological polar surface area (TPSA) is 33.6 Å². The largest absolute Gasteiger partial charge is 0.492 e. The van der Waals surface area contributed by atoms with Crippen LogP contribution in [0.2, 0.25) is 0 Å². The van der Waals surface area contributed by atoms with Crippen molar-refractivity contribution in [3.8, 4) is 5.75 Å². The number of hydrogen-bond donors (Lipinski definition) is 1. The van der Waals surface area contributed by atoms with Crippen molar-refractivity contribution in [3.63, 3.8) is 0 Å². The van der Waals surface area contributed by atoms with Crippen LogP contribution in [-0.4, -0.2) is 23.6 Å². The van der Waals surface area contributed by atoms with E-state index in [0.717, 1.165) is 29.1 Å². The number of aliphatic imine (C=N–C) groups is 1. The Balaban J connectivity index is 1.65. The smallest absolute Gasteiger partial charge is 0.161 e. The van der Waals surface area contributed by atoms with Gasteiger partial charge < -0.3 is 10.1 Å². The molecule has 1 atom stereocenters. The molecule has 1 heterocycles. The van der Waals surface area contributed by atoms with Gasteiger partial charge in [-0.05, 0) is 37.8 Å². The maximum absolute atomic E-state index is 5.61. The minimum Gasteiger partial charge on any atom is -0.492 e. The molecule has 0 bridgehead atoms. The summed E-state index contributed by atoms with van der Waals surface area (Å²) in [6.07, 6.45) is 2.77. The number of ether oxygens (including phenoxy) is 1. The maximum Gasteiger partial charge on any atom is 0.161 e. The third-order valence-corrected chi connectivity index (χ3v) is 4.55. The maximum atomic E-state index is 5.61. The van der Waals surface area contributed by atoms with Gasteiger partial charge in [-0.25, -0.2) is 0 Å². The fourth-order valence-corrected chi connectivity index (χ4v) is 3.36. The van der Waals surface area contributed by atoms with Gasteiger partial charge in [0, 0.05) is 5.25 Å². The van der Waals surface area contributed by atoms with Crippen molar-refractivity contribution >= 4 is 22.6 Å². The van der Waals surface area contributed by atoms with Crippen LogP contribution in [0.5, 0.6) is 5.75 Å². The van der Waals surface area contributed by atoms with Crippen molar-refractivity contribution in [2.75, 3.05) is 18.5 Å². The standard InChI is InChI=1S/C14H18N2OS/c1-2-17-12-6-4-3-5-11(12)16-14-15-9-13(18-14)10-7-8-10/h3-6,10,13H,2,7-9H2,1H3,(H,15,16). The number of thioether (sulfide) groups is 1. The number of hydrogen-bond acceptors (Lipinski definition) is 4. The fraction of sp³-hybridized carbons (Fsp3) is 0.500. The summed E-state index contributed by atoms with van der Waals surface area (Å²) in [7, 11) is 0. The monoisotopic (exact) mass is 262 g/mol. The Labute approximate surface area is 112 Å². The van der Waals surface area contributed by atoms with Gasteiger partial charge >= 0.3 is 0 Å². The number of nitrogens with one attached hydrogen (secondary N) is 1. The molecule has 0 spiro atoms. The summed E-state index contributed by atoms with van der Waals surface area (Å²) in [5.74, 6) is 1.80. The first-order valence-corrected chi connectivity index (χ1v) is 7.44. The first-order chi connectivity index (χ1) is 8.86. The van der Waals surface area contributed by atoms with Gasteiger partial charge in [-0.15, -0.1) is 0 Å². The summed E-state index contributed by atoms with van der Waals surface area (Å²) in [6.45, 7) is 3.65. The van der Waals surface area contributed by atoms with Crippen LogP contribution in [0, 0.1) is 5.92 Å². The molecule has 1 N–H and O–H groups in total. The normalized spacial score (nSPS) is 22.7. The number of anilines is 1. The minimum absolute atomic E-state index is 0.684. The van der Waals surface area contributed by atoms with E-state index >= 15 is 0 Å². The molecule has 1 fully saturated rings. The van der Waals surface area contributed by atoms with Gasteiger partial charge in [-0.3, -0.25) is 4.99 Å². The summed E-state index contributed by atoms with van der Waals surface area (Å²) >= 11 is 1.89. The molecule has 1 aromatic carbocycles. The molecular weight excluding hydrogens is 244 g/mol. The molecule has 2 aliphatic rings. The average Bonchev–Trinajstić information content (AvgIpc) is 3.13. The highest BCUT2D eigenvalue weighted by Gasteiger charge is 2.35. The van der Waals surface area contributed by atoms with Gasteiger partial charge in [0.1, 0.15) is 5.75 Å². The lowest BCUT2D eigenvalue weighted by Gasteiger charge is -2.12. The molecule has 4 heteroatoms. The van der Waals surface area contributed by atoms with Crippen molar-refractivity contribution in [2.24, 2.45) is 10.9 Å². The van der Waals surface area contributed by atoms with E-state index in [-0.39, 0.29) is 0 Å². The van der Waals surface area contributed by atoms with Crippen LogP contribution in [0.3, 0.4) is 0 Å². The highest BCUT2D eigenvalue weighted by Crippen LogP contribution is 2.42. The molecule has 1 aliphatic heterocycles. The van der Waals surface area contributed by atoms with Crippen LogP contribution in [-0.2, 0) is 0 Å². The summed E-state index contributed by atoms with van der Waals surface area (Å²) in [5, 5.41) is 5.14. The summed E-state index contributed by atoms with van der Waals surface area (Å²) < 4.78 is 5.61. The second kappa shape index (κ2) is 5.22. The Bertz CT molecular complexity index is 457. The van der Waals surface area contributed by atoms with Crippen LogP contribution in [0.4, 0.5) is 5.69 Å². The third-order valence-electron chi connectivity index (χ3n) is 3.25. The van der Waals surface area contributed by atoms with Crippen molar-refractivity contribution in [2.45, 2.75) is 25.0 Å². The quantitative estimate of drug-likeness (QED) is 0.903. The summed E-state index contributed by atoms with van der Waals surface area (Å²) in [5.41, 5.74) is 1.02. The van der Waals surface area contributed by atoms with Crippen LogP contribution in [0.15, 0.2) is 29.3 Å². The van der Waals surface area contributed by atoms with E-state index in [1.165, 1.54) is 12.8 Å². The Morgan fingerprint density at radius 3 is 3.00 bits per heavy atom. The van der Waals surface area contributed by atoms with Gasteiger partial charge in [0.05, 0.1) is 18.8 Å². The van der Waals surface area contributed by atoms with E-state index in [1.807, 2.05) is 43.0 Å². The average molecular weight is 262 g/mol. The lowest BCUT2D eigenvalue weighted by Crippen LogP contribution is -2.09. The Kier molecular flexibility index (Phi) is 3.46. The number of nitrogens with zero attached hydrogens (tertiary/aromatic N) is 1. The zero-order valence-corrected chi connectivity index (χ0v) is 11.4. The molecule has 96 valence electrons. The lowest BCUT2D eigenvalue weighted by atomic mass is 10.3. The van der Waals surface area contributed by atoms with E-state index in [9.17, 15) is 0 Å². The molecule has 1 saturated carbocycles. The minimum atomic E-state index is 0.684. The van der Waals surface area contributed by atoms with Crippen LogP contribution >= 0.6 is 11.8 Å². The van der Waals surface area contributed by atoms with Gasteiger partial charge in [0.15, 0.2) is 5.17 Å². The molecular formula is C14H18N2OS. The van der Waals surface area contributed by atoms with E-state index < -0.39 is 0 Å².